The molecule has 6 nitrogen and oxygen atoms in total. The molecule has 1 aromatic heterocycles. The van der Waals surface area contributed by atoms with E-state index in [1.165, 1.54) is 18.2 Å². The summed E-state index contributed by atoms with van der Waals surface area (Å²) in [7, 11) is 0. The molecule has 0 aliphatic carbocycles. The largest absolute Gasteiger partial charge is 0.465 e. The van der Waals surface area contributed by atoms with Crippen LogP contribution in [0.3, 0.4) is 0 Å². The molecule has 0 bridgehead atoms. The summed E-state index contributed by atoms with van der Waals surface area (Å²) in [6.45, 7) is 3.35. The number of carbonyl (C=O) groups is 3. The molecule has 0 amide bonds. The lowest BCUT2D eigenvalue weighted by molar-refractivity contribution is -0.156. The second-order valence-corrected chi connectivity index (χ2v) is 7.75. The van der Waals surface area contributed by atoms with Crippen molar-refractivity contribution in [2.45, 2.75) is 19.8 Å². The minimum absolute atomic E-state index is 0.0294. The Balaban J connectivity index is 2.26. The number of hydrogen-bond donors (Lipinski definition) is 1. The van der Waals surface area contributed by atoms with Gasteiger partial charge in [0.1, 0.15) is 0 Å². The van der Waals surface area contributed by atoms with Crippen LogP contribution >= 0.6 is 34.8 Å². The van der Waals surface area contributed by atoms with Crippen molar-refractivity contribution in [2.75, 3.05) is 13.2 Å². The highest BCUT2D eigenvalue weighted by Crippen LogP contribution is 2.35. The molecule has 9 heteroatoms. The van der Waals surface area contributed by atoms with Gasteiger partial charge in [0.2, 0.25) is 5.78 Å². The number of carbonyl (C=O) groups excluding carboxylic acids is 3. The smallest absolute Gasteiger partial charge is 0.324 e. The summed E-state index contributed by atoms with van der Waals surface area (Å²) in [6.07, 6.45) is 0. The van der Waals surface area contributed by atoms with E-state index < -0.39 is 23.6 Å². The highest BCUT2D eigenvalue weighted by atomic mass is 35.5. The molecule has 31 heavy (non-hydrogen) atoms. The Bertz CT molecular complexity index is 1150. The lowest BCUT2D eigenvalue weighted by Crippen LogP contribution is -2.27. The first-order valence-corrected chi connectivity index (χ1v) is 10.6. The van der Waals surface area contributed by atoms with Gasteiger partial charge in [0.05, 0.1) is 29.0 Å². The molecular weight excluding hydrogens is 465 g/mol. The van der Waals surface area contributed by atoms with Gasteiger partial charge >= 0.3 is 11.9 Å². The van der Waals surface area contributed by atoms with Crippen molar-refractivity contribution in [3.63, 3.8) is 0 Å². The normalized spacial score (nSPS) is 11.0. The van der Waals surface area contributed by atoms with E-state index >= 15 is 0 Å². The standard InChI is InChI=1S/C22H18Cl3NO5/c1-3-30-21(28)18(22(29)31-4-2)17-13-7-6-12(23)10-16(13)26-19(17)20(27)11-5-8-14(24)15(25)9-11/h5-10,18,26H,3-4H2,1-2H3. The minimum atomic E-state index is -1.46. The number of benzene rings is 2. The van der Waals surface area contributed by atoms with E-state index in [0.717, 1.165) is 0 Å². The number of ether oxygens (including phenoxy) is 2. The molecule has 0 saturated carbocycles. The quantitative estimate of drug-likeness (QED) is 0.270. The zero-order chi connectivity index (χ0) is 22.7. The van der Waals surface area contributed by atoms with Gasteiger partial charge in [-0.3, -0.25) is 14.4 Å². The Hall–Kier alpha value is -2.54. The maximum Gasteiger partial charge on any atom is 0.324 e. The highest BCUT2D eigenvalue weighted by molar-refractivity contribution is 6.42. The Morgan fingerprint density at radius 2 is 1.55 bits per heavy atom. The van der Waals surface area contributed by atoms with Gasteiger partial charge in [-0.15, -0.1) is 0 Å². The fraction of sp³-hybridized carbons (Fsp3) is 0.227. The number of aromatic nitrogens is 1. The summed E-state index contributed by atoms with van der Waals surface area (Å²) in [5, 5.41) is 1.37. The van der Waals surface area contributed by atoms with E-state index in [1.807, 2.05) is 0 Å². The predicted octanol–water partition coefficient (Wildman–Crippen LogP) is 5.57. The van der Waals surface area contributed by atoms with E-state index in [2.05, 4.69) is 4.98 Å². The molecule has 1 N–H and O–H groups in total. The van der Waals surface area contributed by atoms with Gasteiger partial charge < -0.3 is 14.5 Å². The molecule has 3 aromatic rings. The number of aromatic amines is 1. The van der Waals surface area contributed by atoms with E-state index in [9.17, 15) is 14.4 Å². The molecule has 0 aliphatic heterocycles. The van der Waals surface area contributed by atoms with Crippen molar-refractivity contribution in [3.05, 3.63) is 68.3 Å². The summed E-state index contributed by atoms with van der Waals surface area (Å²) >= 11 is 18.1. The maximum absolute atomic E-state index is 13.4. The second kappa shape index (κ2) is 9.73. The van der Waals surface area contributed by atoms with Crippen LogP contribution in [0.25, 0.3) is 10.9 Å². The Morgan fingerprint density at radius 1 is 0.903 bits per heavy atom. The average Bonchev–Trinajstić information content (AvgIpc) is 3.08. The third kappa shape index (κ3) is 4.71. The van der Waals surface area contributed by atoms with Crippen molar-refractivity contribution < 1.29 is 23.9 Å². The molecule has 0 unspecified atom stereocenters. The SMILES string of the molecule is CCOC(=O)C(C(=O)OCC)c1c(C(=O)c2ccc(Cl)c(Cl)c2)[nH]c2cc(Cl)ccc12. The second-order valence-electron chi connectivity index (χ2n) is 6.50. The van der Waals surface area contributed by atoms with Crippen LogP contribution in [0, 0.1) is 0 Å². The lowest BCUT2D eigenvalue weighted by Gasteiger charge is -2.16. The average molecular weight is 483 g/mol. The third-order valence-electron chi connectivity index (χ3n) is 4.54. The molecule has 3 rings (SSSR count). The first-order valence-electron chi connectivity index (χ1n) is 9.42. The number of nitrogens with one attached hydrogen (secondary N) is 1. The predicted molar refractivity (Wildman–Crippen MR) is 119 cm³/mol. The molecule has 1 heterocycles. The monoisotopic (exact) mass is 481 g/mol. The van der Waals surface area contributed by atoms with Crippen LogP contribution in [0.4, 0.5) is 0 Å². The van der Waals surface area contributed by atoms with Gasteiger partial charge in [-0.2, -0.15) is 0 Å². The minimum Gasteiger partial charge on any atom is -0.465 e. The third-order valence-corrected chi connectivity index (χ3v) is 5.52. The summed E-state index contributed by atoms with van der Waals surface area (Å²) in [6, 6.07) is 9.23. The van der Waals surface area contributed by atoms with Crippen molar-refractivity contribution >= 4 is 63.4 Å². The van der Waals surface area contributed by atoms with Crippen LogP contribution in [-0.4, -0.2) is 35.9 Å². The first kappa shape index (κ1) is 23.1. The summed E-state index contributed by atoms with van der Waals surface area (Å²) in [5.74, 6) is -3.59. The van der Waals surface area contributed by atoms with E-state index in [1.54, 1.807) is 32.0 Å². The lowest BCUT2D eigenvalue weighted by atomic mass is 9.92. The topological polar surface area (TPSA) is 85.5 Å². The van der Waals surface area contributed by atoms with Gasteiger partial charge in [0.25, 0.3) is 0 Å². The van der Waals surface area contributed by atoms with Gasteiger partial charge in [-0.05, 0) is 44.2 Å². The van der Waals surface area contributed by atoms with Crippen LogP contribution < -0.4 is 0 Å². The molecule has 2 aromatic carbocycles. The summed E-state index contributed by atoms with van der Waals surface area (Å²) < 4.78 is 10.2. The Kier molecular flexibility index (Phi) is 7.26. The molecule has 0 fully saturated rings. The maximum atomic E-state index is 13.4. The van der Waals surface area contributed by atoms with E-state index in [4.69, 9.17) is 44.3 Å². The fourth-order valence-corrected chi connectivity index (χ4v) is 3.71. The van der Waals surface area contributed by atoms with Gasteiger partial charge in [-0.25, -0.2) is 0 Å². The molecule has 0 aliphatic rings. The zero-order valence-corrected chi connectivity index (χ0v) is 18.9. The number of halogens is 3. The Labute approximate surface area is 193 Å². The van der Waals surface area contributed by atoms with Crippen LogP contribution in [-0.2, 0) is 19.1 Å². The molecule has 0 atom stereocenters. The molecular formula is C22H18Cl3NO5. The van der Waals surface area contributed by atoms with Crippen molar-refractivity contribution in [3.8, 4) is 0 Å². The molecule has 0 radical (unpaired) electrons. The van der Waals surface area contributed by atoms with Crippen molar-refractivity contribution in [1.82, 2.24) is 4.98 Å². The number of fused-ring (bicyclic) bond motifs is 1. The van der Waals surface area contributed by atoms with E-state index in [0.29, 0.717) is 15.9 Å². The number of hydrogen-bond acceptors (Lipinski definition) is 5. The number of H-pyrrole nitrogens is 1. The van der Waals surface area contributed by atoms with Crippen LogP contribution in [0.5, 0.6) is 0 Å². The van der Waals surface area contributed by atoms with Crippen LogP contribution in [0.1, 0.15) is 41.4 Å². The Morgan fingerprint density at radius 3 is 2.13 bits per heavy atom. The zero-order valence-electron chi connectivity index (χ0n) is 16.6. The van der Waals surface area contributed by atoms with Gasteiger partial charge in [0, 0.05) is 27.1 Å². The summed E-state index contributed by atoms with van der Waals surface area (Å²) in [5.41, 5.74) is 0.880. The number of esters is 2. The van der Waals surface area contributed by atoms with Crippen molar-refractivity contribution in [2.24, 2.45) is 0 Å². The van der Waals surface area contributed by atoms with Crippen LogP contribution in [0.2, 0.25) is 15.1 Å². The summed E-state index contributed by atoms with van der Waals surface area (Å²) in [4.78, 5) is 41.9. The van der Waals surface area contributed by atoms with E-state index in [-0.39, 0.29) is 40.1 Å². The van der Waals surface area contributed by atoms with Gasteiger partial charge in [-0.1, -0.05) is 40.9 Å². The molecule has 0 saturated heterocycles. The van der Waals surface area contributed by atoms with Crippen LogP contribution in [0.15, 0.2) is 36.4 Å². The molecule has 0 spiro atoms. The van der Waals surface area contributed by atoms with Crippen molar-refractivity contribution in [1.29, 1.82) is 0 Å². The highest BCUT2D eigenvalue weighted by Gasteiger charge is 2.37. The first-order chi connectivity index (χ1) is 14.8. The molecule has 162 valence electrons. The number of rotatable bonds is 7. The van der Waals surface area contributed by atoms with Gasteiger partial charge in [0.15, 0.2) is 5.92 Å². The fourth-order valence-electron chi connectivity index (χ4n) is 3.24. The number of ketones is 1.